The van der Waals surface area contributed by atoms with Crippen molar-refractivity contribution in [3.05, 3.63) is 44.8 Å². The number of β-lactam (4-membered cyclic amide) rings is 1. The van der Waals surface area contributed by atoms with Gasteiger partial charge in [-0.2, -0.15) is 4.57 Å². The van der Waals surface area contributed by atoms with Gasteiger partial charge in [-0.3, -0.25) is 14.5 Å². The van der Waals surface area contributed by atoms with E-state index < -0.39 is 29.2 Å². The molecule has 1 saturated heterocycles. The number of nitrogens with zero attached hydrogens (tertiary/aromatic N) is 4. The Balaban J connectivity index is 1.55. The number of halogens is 2. The molecular formula is C20H19Cl2N7O5S2. The summed E-state index contributed by atoms with van der Waals surface area (Å²) in [4.78, 5) is 47.7. The number of pyridine rings is 1. The van der Waals surface area contributed by atoms with Gasteiger partial charge in [0, 0.05) is 23.8 Å². The van der Waals surface area contributed by atoms with Crippen LogP contribution in [0.15, 0.2) is 34.2 Å². The van der Waals surface area contributed by atoms with E-state index in [9.17, 15) is 19.5 Å². The van der Waals surface area contributed by atoms with Crippen molar-refractivity contribution in [2.24, 2.45) is 5.16 Å². The molecule has 2 atom stereocenters. The number of anilines is 2. The molecule has 2 aromatic rings. The Morgan fingerprint density at radius 2 is 2.08 bits per heavy atom. The number of thiazole rings is 1. The first-order chi connectivity index (χ1) is 17.2. The fourth-order valence-corrected chi connectivity index (χ4v) is 6.39. The van der Waals surface area contributed by atoms with Crippen molar-refractivity contribution in [1.29, 1.82) is 0 Å². The van der Waals surface area contributed by atoms with Crippen LogP contribution in [0.5, 0.6) is 0 Å². The number of fused-ring (bicyclic) bond motifs is 1. The third kappa shape index (κ3) is 4.81. The molecule has 4 N–H and O–H groups in total. The highest BCUT2D eigenvalue weighted by atomic mass is 35.5. The lowest BCUT2D eigenvalue weighted by Crippen LogP contribution is -2.71. The Hall–Kier alpha value is -3.07. The van der Waals surface area contributed by atoms with Crippen LogP contribution in [0, 0.1) is 0 Å². The third-order valence-corrected chi connectivity index (χ3v) is 7.94. The van der Waals surface area contributed by atoms with Gasteiger partial charge in [0.05, 0.1) is 17.4 Å². The minimum Gasteiger partial charge on any atom is -0.543 e. The zero-order valence-electron chi connectivity index (χ0n) is 18.8. The summed E-state index contributed by atoms with van der Waals surface area (Å²) in [6.07, 6.45) is 3.19. The lowest BCUT2D eigenvalue weighted by molar-refractivity contribution is -0.688. The number of nitrogens with one attached hydrogen (secondary N) is 2. The number of oxime groups is 1. The number of aliphatic carboxylic acids is 1. The number of amides is 2. The fourth-order valence-electron chi connectivity index (χ4n) is 3.82. The first kappa shape index (κ1) is 26.0. The van der Waals surface area contributed by atoms with Gasteiger partial charge in [0.15, 0.2) is 29.8 Å². The number of aromatic nitrogens is 2. The molecular weight excluding hydrogens is 553 g/mol. The van der Waals surface area contributed by atoms with E-state index in [-0.39, 0.29) is 34.5 Å². The summed E-state index contributed by atoms with van der Waals surface area (Å²) in [6, 6.07) is -0.983. The first-order valence-corrected chi connectivity index (χ1v) is 12.9. The van der Waals surface area contributed by atoms with Crippen LogP contribution in [0.2, 0.25) is 10.0 Å². The molecule has 1 fully saturated rings. The average Bonchev–Trinajstić information content (AvgIpc) is 3.25. The number of rotatable bonds is 8. The molecule has 4 rings (SSSR count). The molecule has 0 aromatic carbocycles. The maximum Gasteiger partial charge on any atom is 0.276 e. The van der Waals surface area contributed by atoms with Crippen LogP contribution < -0.4 is 26.0 Å². The van der Waals surface area contributed by atoms with Gasteiger partial charge in [-0.15, -0.1) is 23.1 Å². The number of thioether (sulfide) groups is 1. The number of carboxylic acids is 1. The minimum absolute atomic E-state index is 0.114. The Morgan fingerprint density at radius 1 is 1.39 bits per heavy atom. The lowest BCUT2D eigenvalue weighted by atomic mass is 10.0. The van der Waals surface area contributed by atoms with Crippen LogP contribution in [0.1, 0.15) is 5.69 Å². The Morgan fingerprint density at radius 3 is 2.64 bits per heavy atom. The van der Waals surface area contributed by atoms with Crippen LogP contribution in [0.4, 0.5) is 10.8 Å². The summed E-state index contributed by atoms with van der Waals surface area (Å²) >= 11 is 14.9. The van der Waals surface area contributed by atoms with Crippen LogP contribution in [0.3, 0.4) is 0 Å². The smallest absolute Gasteiger partial charge is 0.276 e. The van der Waals surface area contributed by atoms with E-state index in [1.165, 1.54) is 24.3 Å². The molecule has 36 heavy (non-hydrogen) atoms. The van der Waals surface area contributed by atoms with Gasteiger partial charge in [0.1, 0.15) is 34.3 Å². The van der Waals surface area contributed by atoms with Gasteiger partial charge in [-0.25, -0.2) is 4.98 Å². The molecule has 12 nitrogen and oxygen atoms in total. The van der Waals surface area contributed by atoms with Crippen molar-refractivity contribution >= 4 is 80.6 Å². The molecule has 16 heteroatoms. The van der Waals surface area contributed by atoms with Crippen LogP contribution in [-0.4, -0.2) is 64.7 Å². The second-order valence-corrected chi connectivity index (χ2v) is 10.4. The second-order valence-electron chi connectivity index (χ2n) is 7.55. The van der Waals surface area contributed by atoms with Gasteiger partial charge < -0.3 is 31.1 Å². The molecule has 0 aliphatic carbocycles. The molecule has 2 unspecified atom stereocenters. The largest absolute Gasteiger partial charge is 0.543 e. The van der Waals surface area contributed by atoms with Gasteiger partial charge in [-0.05, 0) is 0 Å². The number of hydrogen-bond donors (Lipinski definition) is 3. The number of carbonyl (C=O) groups excluding carboxylic acids is 3. The lowest BCUT2D eigenvalue weighted by Gasteiger charge is -2.50. The molecule has 190 valence electrons. The third-order valence-electron chi connectivity index (χ3n) is 5.35. The maximum atomic E-state index is 13.0. The van der Waals surface area contributed by atoms with E-state index in [1.54, 1.807) is 24.0 Å². The number of hydrogen-bond acceptors (Lipinski definition) is 11. The monoisotopic (exact) mass is 571 g/mol. The van der Waals surface area contributed by atoms with Gasteiger partial charge in [0.2, 0.25) is 0 Å². The van der Waals surface area contributed by atoms with Gasteiger partial charge in [0.25, 0.3) is 11.8 Å². The summed E-state index contributed by atoms with van der Waals surface area (Å²) in [6.45, 7) is 0.114. The standard InChI is InChI=1S/C20H19Cl2N7O5S2/c1-24-12-9(21)4-28(5-10(12)22)3-8-6-35-18-14(17(31)29(18)15(8)19(32)33)26-16(30)13(27-34-2)11-7-36-20(23)25-11/h4-5,7,14,18H,3,6H2,1-2H3,(H4,23,25,26,30,32,33). The summed E-state index contributed by atoms with van der Waals surface area (Å²) in [7, 11) is 2.94. The fraction of sp³-hybridized carbons (Fsp3) is 0.300. The van der Waals surface area contributed by atoms with E-state index in [2.05, 4.69) is 20.8 Å². The van der Waals surface area contributed by atoms with E-state index in [0.29, 0.717) is 21.3 Å². The van der Waals surface area contributed by atoms with E-state index >= 15 is 0 Å². The molecule has 0 radical (unpaired) electrons. The summed E-state index contributed by atoms with van der Waals surface area (Å²) in [5, 5.41) is 23.0. The molecule has 2 aliphatic rings. The Bertz CT molecular complexity index is 1290. The molecule has 0 saturated carbocycles. The van der Waals surface area contributed by atoms with Crippen molar-refractivity contribution in [2.45, 2.75) is 18.0 Å². The summed E-state index contributed by atoms with van der Waals surface area (Å²) in [5.41, 5.74) is 6.38. The Labute approximate surface area is 223 Å². The number of carboxylic acid groups (broad SMARTS) is 1. The SMILES string of the molecule is CNc1c(Cl)c[n+](CC2=C(C(=O)[O-])N3C(=O)C(NC(=O)C(=NOC)c4csc(N)n4)C3SC2)cc1Cl. The number of carbonyl (C=O) groups is 3. The first-order valence-electron chi connectivity index (χ1n) is 10.2. The number of nitrogen functional groups attached to an aromatic ring is 1. The topological polar surface area (TPSA) is 166 Å². The Kier molecular flexibility index (Phi) is 7.59. The summed E-state index contributed by atoms with van der Waals surface area (Å²) < 4.78 is 1.63. The van der Waals surface area contributed by atoms with Crippen molar-refractivity contribution in [1.82, 2.24) is 15.2 Å². The minimum atomic E-state index is -1.50. The van der Waals surface area contributed by atoms with Crippen molar-refractivity contribution < 1.29 is 28.9 Å². The zero-order chi connectivity index (χ0) is 26.1. The molecule has 2 aromatic heterocycles. The van der Waals surface area contributed by atoms with Crippen LogP contribution >= 0.6 is 46.3 Å². The van der Waals surface area contributed by atoms with E-state index in [1.807, 2.05) is 0 Å². The van der Waals surface area contributed by atoms with Crippen molar-refractivity contribution in [2.75, 3.05) is 31.0 Å². The second kappa shape index (κ2) is 10.5. The van der Waals surface area contributed by atoms with Crippen molar-refractivity contribution in [3.8, 4) is 0 Å². The predicted octanol–water partition coefficient (Wildman–Crippen LogP) is -0.184. The molecule has 4 heterocycles. The maximum absolute atomic E-state index is 13.0. The molecule has 2 amide bonds. The van der Waals surface area contributed by atoms with Gasteiger partial charge in [-0.1, -0.05) is 28.4 Å². The predicted molar refractivity (Wildman–Crippen MR) is 133 cm³/mol. The quantitative estimate of drug-likeness (QED) is 0.168. The summed E-state index contributed by atoms with van der Waals surface area (Å²) in [5.74, 6) is -2.55. The molecule has 0 spiro atoms. The average molecular weight is 572 g/mol. The number of nitrogens with two attached hydrogens (primary N) is 1. The highest BCUT2D eigenvalue weighted by molar-refractivity contribution is 8.00. The van der Waals surface area contributed by atoms with Gasteiger partial charge >= 0.3 is 0 Å². The highest BCUT2D eigenvalue weighted by Crippen LogP contribution is 2.40. The van der Waals surface area contributed by atoms with E-state index in [0.717, 1.165) is 16.2 Å². The highest BCUT2D eigenvalue weighted by Gasteiger charge is 2.53. The van der Waals surface area contributed by atoms with E-state index in [4.69, 9.17) is 33.8 Å². The molecule has 0 bridgehead atoms. The normalized spacial score (nSPS) is 19.5. The molecule has 2 aliphatic heterocycles. The van der Waals surface area contributed by atoms with Crippen molar-refractivity contribution in [3.63, 3.8) is 0 Å². The van der Waals surface area contributed by atoms with Crippen LogP contribution in [0.25, 0.3) is 0 Å². The zero-order valence-corrected chi connectivity index (χ0v) is 21.9. The van der Waals surface area contributed by atoms with Crippen LogP contribution in [-0.2, 0) is 25.8 Å².